The fourth-order valence-corrected chi connectivity index (χ4v) is 5.11. The van der Waals surface area contributed by atoms with Crippen LogP contribution in [0.25, 0.3) is 0 Å². The average Bonchev–Trinajstić information content (AvgIpc) is 3.37. The summed E-state index contributed by atoms with van der Waals surface area (Å²) < 4.78 is 27.0. The van der Waals surface area contributed by atoms with Crippen molar-refractivity contribution in [3.8, 4) is 0 Å². The second-order valence-electron chi connectivity index (χ2n) is 7.45. The highest BCUT2D eigenvalue weighted by atomic mass is 32.1. The largest absolute Gasteiger partial charge is 0.352 e. The Morgan fingerprint density at radius 1 is 1.18 bits per heavy atom. The first kappa shape index (κ1) is 19.1. The monoisotopic (exact) mass is 404 g/mol. The maximum Gasteiger partial charge on any atom is 0.263 e. The van der Waals surface area contributed by atoms with Gasteiger partial charge in [-0.2, -0.15) is 0 Å². The van der Waals surface area contributed by atoms with E-state index in [0.29, 0.717) is 12.8 Å². The number of likely N-dealkylation sites (tertiary alicyclic amines) is 1. The number of halogens is 2. The number of carbonyl (C=O) groups excluding carboxylic acids is 2. The predicted octanol–water partition coefficient (Wildman–Crippen LogP) is 3.68. The minimum absolute atomic E-state index is 0.0336. The minimum atomic E-state index is -0.532. The Morgan fingerprint density at radius 2 is 1.96 bits per heavy atom. The molecule has 4 nitrogen and oxygen atoms in total. The average molecular weight is 404 g/mol. The summed E-state index contributed by atoms with van der Waals surface area (Å²) in [4.78, 5) is 29.0. The van der Waals surface area contributed by atoms with Gasteiger partial charge >= 0.3 is 0 Å². The van der Waals surface area contributed by atoms with Crippen LogP contribution in [0.2, 0.25) is 0 Å². The van der Waals surface area contributed by atoms with Crippen molar-refractivity contribution in [2.24, 2.45) is 5.92 Å². The van der Waals surface area contributed by atoms with E-state index in [1.165, 1.54) is 4.88 Å². The number of nitrogens with zero attached hydrogens (tertiary/aromatic N) is 1. The summed E-state index contributed by atoms with van der Waals surface area (Å²) in [6.07, 6.45) is 4.16. The minimum Gasteiger partial charge on any atom is -0.352 e. The van der Waals surface area contributed by atoms with Crippen LogP contribution in [-0.2, 0) is 24.2 Å². The zero-order valence-corrected chi connectivity index (χ0v) is 16.3. The third-order valence-corrected chi connectivity index (χ3v) is 6.74. The molecule has 1 aliphatic heterocycles. The van der Waals surface area contributed by atoms with Crippen LogP contribution in [0.3, 0.4) is 0 Å². The van der Waals surface area contributed by atoms with E-state index in [1.54, 1.807) is 11.3 Å². The Bertz CT molecular complexity index is 906. The van der Waals surface area contributed by atoms with Crippen LogP contribution in [0.1, 0.15) is 44.9 Å². The van der Waals surface area contributed by atoms with Gasteiger partial charge in [-0.25, -0.2) is 8.78 Å². The molecule has 1 aliphatic carbocycles. The van der Waals surface area contributed by atoms with E-state index in [-0.39, 0.29) is 29.8 Å². The van der Waals surface area contributed by atoms with Crippen molar-refractivity contribution >= 4 is 23.2 Å². The molecule has 2 amide bonds. The van der Waals surface area contributed by atoms with Crippen molar-refractivity contribution in [2.75, 3.05) is 13.1 Å². The van der Waals surface area contributed by atoms with Crippen molar-refractivity contribution in [1.82, 2.24) is 10.2 Å². The van der Waals surface area contributed by atoms with E-state index in [1.807, 2.05) is 11.0 Å². The van der Waals surface area contributed by atoms with Crippen molar-refractivity contribution in [3.63, 3.8) is 0 Å². The van der Waals surface area contributed by atoms with E-state index >= 15 is 0 Å². The van der Waals surface area contributed by atoms with Crippen molar-refractivity contribution in [1.29, 1.82) is 0 Å². The Balaban J connectivity index is 1.38. The van der Waals surface area contributed by atoms with Gasteiger partial charge in [0.15, 0.2) is 0 Å². The second kappa shape index (κ2) is 7.99. The van der Waals surface area contributed by atoms with E-state index in [9.17, 15) is 18.4 Å². The van der Waals surface area contributed by atoms with Crippen LogP contribution >= 0.6 is 11.3 Å². The fourth-order valence-electron chi connectivity index (χ4n) is 3.93. The number of carbonyl (C=O) groups is 2. The third-order valence-electron chi connectivity index (χ3n) is 5.52. The molecule has 2 aliphatic rings. The zero-order chi connectivity index (χ0) is 19.7. The third kappa shape index (κ3) is 3.94. The molecule has 1 unspecified atom stereocenters. The van der Waals surface area contributed by atoms with Crippen LogP contribution in [0.5, 0.6) is 0 Å². The maximum absolute atomic E-state index is 13.7. The van der Waals surface area contributed by atoms with E-state index < -0.39 is 11.6 Å². The van der Waals surface area contributed by atoms with Crippen molar-refractivity contribution in [3.05, 3.63) is 56.8 Å². The van der Waals surface area contributed by atoms with Gasteiger partial charge in [0, 0.05) is 36.0 Å². The fraction of sp³-hybridized carbons (Fsp3) is 0.429. The molecule has 148 valence electrons. The van der Waals surface area contributed by atoms with Gasteiger partial charge in [-0.1, -0.05) is 0 Å². The summed E-state index contributed by atoms with van der Waals surface area (Å²) >= 11 is 1.54. The lowest BCUT2D eigenvalue weighted by molar-refractivity contribution is -0.125. The van der Waals surface area contributed by atoms with Gasteiger partial charge in [0.05, 0.1) is 4.88 Å². The lowest BCUT2D eigenvalue weighted by Crippen LogP contribution is -2.33. The highest BCUT2D eigenvalue weighted by Gasteiger charge is 2.29. The predicted molar refractivity (Wildman–Crippen MR) is 103 cm³/mol. The van der Waals surface area contributed by atoms with Gasteiger partial charge in [0.2, 0.25) is 5.91 Å². The summed E-state index contributed by atoms with van der Waals surface area (Å²) in [5.41, 5.74) is 1.20. The lowest BCUT2D eigenvalue weighted by atomic mass is 9.87. The molecule has 1 fully saturated rings. The Hall–Kier alpha value is -2.28. The molecule has 28 heavy (non-hydrogen) atoms. The molecule has 2 aromatic rings. The van der Waals surface area contributed by atoms with Crippen molar-refractivity contribution < 1.29 is 18.4 Å². The van der Waals surface area contributed by atoms with E-state index in [4.69, 9.17) is 0 Å². The summed E-state index contributed by atoms with van der Waals surface area (Å²) in [5, 5.41) is 2.72. The molecule has 4 rings (SSSR count). The van der Waals surface area contributed by atoms with Gasteiger partial charge < -0.3 is 10.2 Å². The molecule has 1 aromatic heterocycles. The van der Waals surface area contributed by atoms with Crippen LogP contribution < -0.4 is 5.32 Å². The van der Waals surface area contributed by atoms with E-state index in [2.05, 4.69) is 5.32 Å². The number of rotatable bonds is 4. The highest BCUT2D eigenvalue weighted by Crippen LogP contribution is 2.33. The molecule has 2 heterocycles. The zero-order valence-electron chi connectivity index (χ0n) is 15.5. The smallest absolute Gasteiger partial charge is 0.263 e. The Morgan fingerprint density at radius 3 is 2.75 bits per heavy atom. The SMILES string of the molecule is O=C(NCc1cc(F)ccc1F)C1CCc2sc(C(=O)N3CCCC3)cc2C1. The number of thiophene rings is 1. The number of benzene rings is 1. The number of hydrogen-bond donors (Lipinski definition) is 1. The standard InChI is InChI=1S/C21H22F2N2O2S/c22-16-4-5-17(23)15(10-16)12-24-20(26)13-3-6-18-14(9-13)11-19(28-18)21(27)25-7-1-2-8-25/h4-5,10-11,13H,1-3,6-9,12H2,(H,24,26). The molecular formula is C21H22F2N2O2S. The number of nitrogens with one attached hydrogen (secondary N) is 1. The van der Waals surface area contributed by atoms with Gasteiger partial charge in [0.1, 0.15) is 11.6 Å². The summed E-state index contributed by atoms with van der Waals surface area (Å²) in [7, 11) is 0. The Kier molecular flexibility index (Phi) is 5.44. The molecule has 0 spiro atoms. The molecule has 0 saturated carbocycles. The topological polar surface area (TPSA) is 49.4 Å². The first-order chi connectivity index (χ1) is 13.5. The Labute approximate surface area is 166 Å². The number of fused-ring (bicyclic) bond motifs is 1. The first-order valence-electron chi connectivity index (χ1n) is 9.64. The summed E-state index contributed by atoms with van der Waals surface area (Å²) in [6.45, 7) is 1.61. The molecular weight excluding hydrogens is 382 g/mol. The van der Waals surface area contributed by atoms with Crippen LogP contribution in [0, 0.1) is 17.6 Å². The normalized spacial score (nSPS) is 18.8. The molecule has 7 heteroatoms. The van der Waals surface area contributed by atoms with Gasteiger partial charge in [-0.15, -0.1) is 11.3 Å². The van der Waals surface area contributed by atoms with Crippen LogP contribution in [-0.4, -0.2) is 29.8 Å². The van der Waals surface area contributed by atoms with E-state index in [0.717, 1.165) is 61.0 Å². The van der Waals surface area contributed by atoms with Gasteiger partial charge in [0.25, 0.3) is 5.91 Å². The van der Waals surface area contributed by atoms with Crippen LogP contribution in [0.4, 0.5) is 8.78 Å². The molecule has 1 atom stereocenters. The lowest BCUT2D eigenvalue weighted by Gasteiger charge is -2.21. The molecule has 0 bridgehead atoms. The van der Waals surface area contributed by atoms with Crippen LogP contribution in [0.15, 0.2) is 24.3 Å². The number of aryl methyl sites for hydroxylation is 1. The number of amides is 2. The molecule has 1 N–H and O–H groups in total. The van der Waals surface area contributed by atoms with Crippen molar-refractivity contribution in [2.45, 2.75) is 38.6 Å². The first-order valence-corrected chi connectivity index (χ1v) is 10.5. The molecule has 1 aromatic carbocycles. The van der Waals surface area contributed by atoms with Gasteiger partial charge in [-0.05, 0) is 61.9 Å². The quantitative estimate of drug-likeness (QED) is 0.845. The summed E-state index contributed by atoms with van der Waals surface area (Å²) in [6, 6.07) is 5.16. The number of hydrogen-bond acceptors (Lipinski definition) is 3. The maximum atomic E-state index is 13.7. The molecule has 1 saturated heterocycles. The summed E-state index contributed by atoms with van der Waals surface area (Å²) in [5.74, 6) is -1.34. The highest BCUT2D eigenvalue weighted by molar-refractivity contribution is 7.14. The molecule has 0 radical (unpaired) electrons. The second-order valence-corrected chi connectivity index (χ2v) is 8.59. The van der Waals surface area contributed by atoms with Gasteiger partial charge in [-0.3, -0.25) is 9.59 Å².